The number of methoxy groups -OCH3 is 1. The normalized spacial score (nSPS) is 15.5. The molecule has 2 heterocycles. The summed E-state index contributed by atoms with van der Waals surface area (Å²) >= 11 is 5.23. The number of piperazine rings is 1. The molecule has 1 aliphatic heterocycles. The van der Waals surface area contributed by atoms with Gasteiger partial charge in [-0.1, -0.05) is 12.1 Å². The van der Waals surface area contributed by atoms with Crippen molar-refractivity contribution in [1.29, 1.82) is 0 Å². The number of ether oxygens (including phenoxy) is 1. The van der Waals surface area contributed by atoms with Gasteiger partial charge in [0.15, 0.2) is 4.77 Å². The van der Waals surface area contributed by atoms with Crippen LogP contribution in [0.15, 0.2) is 34.2 Å². The smallest absolute Gasteiger partial charge is 0.264 e. The number of aromatic hydroxyl groups is 1. The maximum Gasteiger partial charge on any atom is 0.264 e. The molecule has 1 aromatic heterocycles. The molecule has 3 N–H and O–H groups in total. The van der Waals surface area contributed by atoms with Gasteiger partial charge < -0.3 is 14.7 Å². The number of H-pyrrole nitrogens is 1. The maximum absolute atomic E-state index is 12.3. The van der Waals surface area contributed by atoms with Gasteiger partial charge in [0.25, 0.3) is 5.56 Å². The molecule has 1 aromatic carbocycles. The second kappa shape index (κ2) is 7.71. The summed E-state index contributed by atoms with van der Waals surface area (Å²) < 4.78 is 6.78. The number of likely N-dealkylation sites (N-methyl/N-ethyl adjacent to an activating group) is 1. The van der Waals surface area contributed by atoms with E-state index >= 15 is 0 Å². The Morgan fingerprint density at radius 2 is 2.04 bits per heavy atom. The highest BCUT2D eigenvalue weighted by Crippen LogP contribution is 2.26. The predicted molar refractivity (Wildman–Crippen MR) is 101 cm³/mol. The van der Waals surface area contributed by atoms with Crippen LogP contribution in [0.3, 0.4) is 0 Å². The fourth-order valence-corrected chi connectivity index (χ4v) is 3.10. The van der Waals surface area contributed by atoms with Crippen LogP contribution in [-0.4, -0.2) is 66.2 Å². The van der Waals surface area contributed by atoms with Crippen molar-refractivity contribution in [2.24, 2.45) is 5.10 Å². The van der Waals surface area contributed by atoms with Gasteiger partial charge in [0, 0.05) is 0 Å². The Balaban J connectivity index is 2.02. The van der Waals surface area contributed by atoms with Crippen molar-refractivity contribution < 1.29 is 14.7 Å². The minimum Gasteiger partial charge on any atom is -0.495 e. The first-order valence-corrected chi connectivity index (χ1v) is 8.74. The van der Waals surface area contributed by atoms with Gasteiger partial charge >= 0.3 is 0 Å². The number of aromatic amines is 1. The predicted octanol–water partition coefficient (Wildman–Crippen LogP) is -0.227. The Kier molecular flexibility index (Phi) is 5.38. The van der Waals surface area contributed by atoms with Crippen molar-refractivity contribution in [3.8, 4) is 17.3 Å². The third-order valence-electron chi connectivity index (χ3n) is 4.39. The minimum absolute atomic E-state index is 0.0516. The number of nitrogens with one attached hydrogen (secondary N) is 2. The fourth-order valence-electron chi connectivity index (χ4n) is 2.82. The highest BCUT2D eigenvalue weighted by Gasteiger charge is 2.17. The summed E-state index contributed by atoms with van der Waals surface area (Å²) in [5.74, 6) is 0.252. The summed E-state index contributed by atoms with van der Waals surface area (Å²) in [6.45, 7) is 3.55. The van der Waals surface area contributed by atoms with Gasteiger partial charge in [0.1, 0.15) is 11.3 Å². The summed E-state index contributed by atoms with van der Waals surface area (Å²) in [5.41, 5.74) is 0.101. The molecule has 3 rings (SSSR count). The third-order valence-corrected chi connectivity index (χ3v) is 4.68. The summed E-state index contributed by atoms with van der Waals surface area (Å²) in [5, 5.41) is 16.9. The van der Waals surface area contributed by atoms with Crippen LogP contribution in [0.1, 0.15) is 5.56 Å². The molecule has 9 heteroatoms. The lowest BCUT2D eigenvalue weighted by Gasteiger charge is -2.27. The fraction of sp³-hybridized carbons (Fsp3) is 0.353. The van der Waals surface area contributed by atoms with E-state index in [9.17, 15) is 9.90 Å². The van der Waals surface area contributed by atoms with E-state index in [0.717, 1.165) is 26.2 Å². The largest absolute Gasteiger partial charge is 0.495 e. The van der Waals surface area contributed by atoms with Crippen molar-refractivity contribution >= 4 is 18.4 Å². The number of aromatic nitrogens is 2. The van der Waals surface area contributed by atoms with Crippen LogP contribution in [0.5, 0.6) is 11.6 Å². The average Bonchev–Trinajstić information content (AvgIpc) is 2.63. The Labute approximate surface area is 155 Å². The van der Waals surface area contributed by atoms with E-state index in [4.69, 9.17) is 17.0 Å². The number of rotatable bonds is 4. The van der Waals surface area contributed by atoms with Crippen LogP contribution in [-0.2, 0) is 0 Å². The average molecular weight is 376 g/mol. The highest BCUT2D eigenvalue weighted by atomic mass is 32.1. The summed E-state index contributed by atoms with van der Waals surface area (Å²) in [7, 11) is 3.67. The van der Waals surface area contributed by atoms with Gasteiger partial charge in [-0.25, -0.2) is 0 Å². The zero-order valence-corrected chi connectivity index (χ0v) is 15.5. The van der Waals surface area contributed by atoms with E-state index < -0.39 is 5.56 Å². The summed E-state index contributed by atoms with van der Waals surface area (Å²) in [6, 6.07) is 7.11. The molecule has 0 radical (unpaired) electrons. The van der Waals surface area contributed by atoms with Crippen molar-refractivity contribution in [2.75, 3.05) is 40.3 Å². The molecule has 0 atom stereocenters. The second-order valence-electron chi connectivity index (χ2n) is 6.16. The maximum atomic E-state index is 12.3. The van der Waals surface area contributed by atoms with Crippen molar-refractivity contribution in [3.05, 3.63) is 45.0 Å². The zero-order chi connectivity index (χ0) is 18.7. The standard InChI is InChI=1S/C17H21N5O3S/c1-20-7-9-21(10-8-20)18-11-12-15(23)19-17(26)22(16(12)24)13-5-3-4-6-14(13)25-2/h3-6,11,24H,7-10H2,1-2H3,(H,19,23,26)/p+1/b18-11+. The minimum atomic E-state index is -0.484. The molecule has 0 bridgehead atoms. The highest BCUT2D eigenvalue weighted by molar-refractivity contribution is 7.71. The number of hydrogen-bond donors (Lipinski definition) is 3. The molecule has 8 nitrogen and oxygen atoms in total. The second-order valence-corrected chi connectivity index (χ2v) is 6.55. The van der Waals surface area contributed by atoms with E-state index in [1.807, 2.05) is 11.1 Å². The Morgan fingerprint density at radius 3 is 2.73 bits per heavy atom. The Morgan fingerprint density at radius 1 is 1.35 bits per heavy atom. The first-order valence-electron chi connectivity index (χ1n) is 8.33. The van der Waals surface area contributed by atoms with E-state index in [1.165, 1.54) is 22.8 Å². The van der Waals surface area contributed by atoms with Gasteiger partial charge in [-0.15, -0.1) is 0 Å². The molecule has 138 valence electrons. The number of para-hydroxylation sites is 2. The van der Waals surface area contributed by atoms with E-state index in [-0.39, 0.29) is 16.2 Å². The number of quaternary nitrogens is 1. The van der Waals surface area contributed by atoms with Crippen LogP contribution in [0.4, 0.5) is 0 Å². The van der Waals surface area contributed by atoms with Gasteiger partial charge in [0.05, 0.1) is 52.2 Å². The SMILES string of the molecule is COc1ccccc1-n1c(O)c(/C=N/N2CC[NH+](C)CC2)c(=O)[nH]c1=S. The summed E-state index contributed by atoms with van der Waals surface area (Å²) in [4.78, 5) is 16.3. The molecule has 26 heavy (non-hydrogen) atoms. The Bertz CT molecular complexity index is 929. The van der Waals surface area contributed by atoms with Gasteiger partial charge in [0.2, 0.25) is 5.88 Å². The molecular weight excluding hydrogens is 354 g/mol. The van der Waals surface area contributed by atoms with E-state index in [0.29, 0.717) is 11.4 Å². The molecule has 0 amide bonds. The van der Waals surface area contributed by atoms with Crippen molar-refractivity contribution in [1.82, 2.24) is 14.6 Å². The van der Waals surface area contributed by atoms with Gasteiger partial charge in [-0.3, -0.25) is 19.4 Å². The zero-order valence-electron chi connectivity index (χ0n) is 14.7. The molecule has 2 aromatic rings. The number of hydrogen-bond acceptors (Lipinski definition) is 6. The lowest BCUT2D eigenvalue weighted by atomic mass is 10.2. The number of nitrogens with zero attached hydrogens (tertiary/aromatic N) is 3. The van der Waals surface area contributed by atoms with Gasteiger partial charge in [-0.05, 0) is 24.4 Å². The van der Waals surface area contributed by atoms with Crippen LogP contribution in [0, 0.1) is 4.77 Å². The van der Waals surface area contributed by atoms with Crippen LogP contribution in [0.2, 0.25) is 0 Å². The molecular formula is C17H22N5O3S+. The Hall–Kier alpha value is -2.65. The first kappa shape index (κ1) is 18.2. The van der Waals surface area contributed by atoms with E-state index in [2.05, 4.69) is 17.1 Å². The molecule has 1 saturated heterocycles. The van der Waals surface area contributed by atoms with Crippen LogP contribution in [0.25, 0.3) is 5.69 Å². The van der Waals surface area contributed by atoms with Crippen LogP contribution < -0.4 is 15.2 Å². The summed E-state index contributed by atoms with van der Waals surface area (Å²) in [6.07, 6.45) is 1.38. The first-order chi connectivity index (χ1) is 12.5. The molecule has 1 fully saturated rings. The third kappa shape index (κ3) is 3.63. The topological polar surface area (TPSA) is 87.3 Å². The monoisotopic (exact) mass is 376 g/mol. The van der Waals surface area contributed by atoms with E-state index in [1.54, 1.807) is 18.2 Å². The lowest BCUT2D eigenvalue weighted by Crippen LogP contribution is -3.11. The molecule has 0 spiro atoms. The van der Waals surface area contributed by atoms with Crippen molar-refractivity contribution in [3.63, 3.8) is 0 Å². The quantitative estimate of drug-likeness (QED) is 0.507. The van der Waals surface area contributed by atoms with Crippen LogP contribution >= 0.6 is 12.2 Å². The van der Waals surface area contributed by atoms with Gasteiger partial charge in [-0.2, -0.15) is 5.10 Å². The number of hydrazone groups is 1. The molecule has 0 aliphatic carbocycles. The van der Waals surface area contributed by atoms with Crippen molar-refractivity contribution in [2.45, 2.75) is 0 Å². The lowest BCUT2D eigenvalue weighted by molar-refractivity contribution is -0.884. The molecule has 0 unspecified atom stereocenters. The number of benzene rings is 1. The molecule has 0 saturated carbocycles. The molecule has 1 aliphatic rings.